The number of thiol groups is 1. The zero-order valence-electron chi connectivity index (χ0n) is 27.1. The fraction of sp³-hybridized carbons (Fsp3) is 0.625. The lowest BCUT2D eigenvalue weighted by Gasteiger charge is -2.35. The van der Waals surface area contributed by atoms with Crippen molar-refractivity contribution in [2.75, 3.05) is 6.54 Å². The van der Waals surface area contributed by atoms with E-state index in [2.05, 4.69) is 40.8 Å². The van der Waals surface area contributed by atoms with Gasteiger partial charge in [0.1, 0.15) is 12.3 Å². The molecule has 1 aliphatic heterocycles. The monoisotopic (exact) mass is 633 g/mol. The van der Waals surface area contributed by atoms with Gasteiger partial charge in [0, 0.05) is 12.1 Å². The Labute approximate surface area is 267 Å². The smallest absolute Gasteiger partial charge is 0.316 e. The molecule has 4 amide bonds. The Morgan fingerprint density at radius 1 is 0.977 bits per heavy atom. The van der Waals surface area contributed by atoms with Crippen molar-refractivity contribution in [1.82, 2.24) is 20.3 Å². The van der Waals surface area contributed by atoms with Gasteiger partial charge in [-0.15, -0.1) is 0 Å². The summed E-state index contributed by atoms with van der Waals surface area (Å²) >= 11 is 3.57. The zero-order chi connectivity index (χ0) is 33.6. The van der Waals surface area contributed by atoms with Crippen LogP contribution in [-0.4, -0.2) is 71.3 Å². The van der Waals surface area contributed by atoms with E-state index in [9.17, 15) is 28.8 Å². The summed E-state index contributed by atoms with van der Waals surface area (Å²) in [5.74, 6) is -1.13. The number of nitrogens with two attached hydrogens (primary N) is 1. The van der Waals surface area contributed by atoms with Crippen LogP contribution >= 0.6 is 12.8 Å². The number of nitrogens with zero attached hydrogens (tertiary/aromatic N) is 1. The van der Waals surface area contributed by atoms with Crippen LogP contribution in [0.25, 0.3) is 0 Å². The van der Waals surface area contributed by atoms with E-state index >= 15 is 0 Å². The van der Waals surface area contributed by atoms with Crippen molar-refractivity contribution in [3.63, 3.8) is 0 Å². The molecule has 44 heavy (non-hydrogen) atoms. The molecule has 1 aromatic carbocycles. The summed E-state index contributed by atoms with van der Waals surface area (Å²) in [5, 5.41) is 5.51. The van der Waals surface area contributed by atoms with Crippen molar-refractivity contribution in [1.29, 1.82) is 0 Å². The van der Waals surface area contributed by atoms with E-state index in [4.69, 9.17) is 0 Å². The molecule has 1 saturated heterocycles. The Hall–Kier alpha value is -3.25. The number of likely N-dealkylation sites (tertiary alicyclic amines) is 1. The van der Waals surface area contributed by atoms with E-state index in [1.54, 1.807) is 24.3 Å². The molecule has 0 spiro atoms. The fourth-order valence-electron chi connectivity index (χ4n) is 4.54. The van der Waals surface area contributed by atoms with Gasteiger partial charge in [0.05, 0.1) is 18.1 Å². The largest absolute Gasteiger partial charge is 0.363 e. The van der Waals surface area contributed by atoms with Crippen molar-refractivity contribution >= 4 is 48.5 Å². The fourth-order valence-corrected chi connectivity index (χ4v) is 4.65. The lowest BCUT2D eigenvalue weighted by atomic mass is 9.85. The summed E-state index contributed by atoms with van der Waals surface area (Å²) in [4.78, 5) is 72.3. The maximum atomic E-state index is 13.1. The van der Waals surface area contributed by atoms with Crippen LogP contribution in [-0.2, 0) is 19.2 Å². The molecule has 1 aromatic rings. The Morgan fingerprint density at radius 3 is 1.93 bits per heavy atom. The first-order valence-corrected chi connectivity index (χ1v) is 15.6. The quantitative estimate of drug-likeness (QED) is 0.114. The van der Waals surface area contributed by atoms with Crippen LogP contribution in [0.5, 0.6) is 0 Å². The molecule has 1 saturated carbocycles. The van der Waals surface area contributed by atoms with Gasteiger partial charge in [0.25, 0.3) is 5.91 Å². The van der Waals surface area contributed by atoms with Gasteiger partial charge in [-0.05, 0) is 37.0 Å². The van der Waals surface area contributed by atoms with Gasteiger partial charge in [-0.3, -0.25) is 23.9 Å². The number of ketones is 2. The maximum absolute atomic E-state index is 13.1. The number of amides is 4. The molecule has 12 heteroatoms. The van der Waals surface area contributed by atoms with Crippen LogP contribution in [0.3, 0.4) is 0 Å². The lowest BCUT2D eigenvalue weighted by molar-refractivity contribution is -0.138. The highest BCUT2D eigenvalue weighted by Crippen LogP contribution is 2.25. The molecule has 1 aliphatic carbocycles. The second-order valence-electron chi connectivity index (χ2n) is 12.9. The summed E-state index contributed by atoms with van der Waals surface area (Å²) < 4.78 is 2.29. The standard InChI is InChI=1S/C23H33N3O4.C5H10.C4H8N2O2S/c1-15(2)18(19(28)16-10-7-6-8-11-16)24-22(30)25-20(23(3,4)5)21(29)26-13-9-12-17(26)14-27;1-5-3-2-4-5;1-2(6-9)3(7)4(5)8/h6-8,10-11,14-15,17-18,20H,9,12-13H2,1-5H3,(H2,24,25,30);5H,2-4H2,1H3;2,6,9H,1H3,(H2,5,8). The second kappa shape index (κ2) is 18.5. The number of hydrogen-bond acceptors (Lipinski definition) is 8. The van der Waals surface area contributed by atoms with Crippen molar-refractivity contribution in [3.8, 4) is 0 Å². The number of rotatable bonds is 10. The summed E-state index contributed by atoms with van der Waals surface area (Å²) in [7, 11) is 0. The normalized spacial score (nSPS) is 18.2. The predicted octanol–water partition coefficient (Wildman–Crippen LogP) is 3.47. The summed E-state index contributed by atoms with van der Waals surface area (Å²) in [6.45, 7) is 13.6. The average Bonchev–Trinajstić information content (AvgIpc) is 3.45. The minimum atomic E-state index is -0.941. The third-order valence-electron chi connectivity index (χ3n) is 7.65. The first-order valence-electron chi connectivity index (χ1n) is 15.2. The molecule has 4 unspecified atom stereocenters. The molecule has 2 aliphatic rings. The predicted molar refractivity (Wildman–Crippen MR) is 174 cm³/mol. The van der Waals surface area contributed by atoms with E-state index in [1.165, 1.54) is 31.1 Å². The van der Waals surface area contributed by atoms with Crippen LogP contribution in [0.1, 0.15) is 90.9 Å². The van der Waals surface area contributed by atoms with Crippen LogP contribution in [0.2, 0.25) is 0 Å². The van der Waals surface area contributed by atoms with Gasteiger partial charge in [-0.25, -0.2) is 4.79 Å². The highest BCUT2D eigenvalue weighted by Gasteiger charge is 2.40. The van der Waals surface area contributed by atoms with E-state index < -0.39 is 47.3 Å². The number of Topliss-reactive ketones (excluding diaryl/α,β-unsaturated/α-hetero) is 2. The second-order valence-corrected chi connectivity index (χ2v) is 13.1. The molecule has 3 rings (SSSR count). The van der Waals surface area contributed by atoms with Crippen molar-refractivity contribution < 1.29 is 28.8 Å². The van der Waals surface area contributed by atoms with Gasteiger partial charge in [0.2, 0.25) is 11.7 Å². The number of nitrogens with one attached hydrogen (secondary N) is 3. The van der Waals surface area contributed by atoms with Gasteiger partial charge in [0.15, 0.2) is 5.78 Å². The average molecular weight is 634 g/mol. The minimum absolute atomic E-state index is 0.134. The zero-order valence-corrected chi connectivity index (χ0v) is 28.0. The van der Waals surface area contributed by atoms with Gasteiger partial charge in [-0.1, -0.05) is 104 Å². The molecule has 0 bridgehead atoms. The van der Waals surface area contributed by atoms with Gasteiger partial charge < -0.3 is 26.1 Å². The van der Waals surface area contributed by atoms with Crippen LogP contribution in [0.4, 0.5) is 4.79 Å². The molecule has 5 N–H and O–H groups in total. The van der Waals surface area contributed by atoms with Gasteiger partial charge in [-0.2, -0.15) is 0 Å². The van der Waals surface area contributed by atoms with E-state index in [1.807, 2.05) is 40.7 Å². The van der Waals surface area contributed by atoms with E-state index in [-0.39, 0.29) is 17.6 Å². The first kappa shape index (κ1) is 38.8. The first-order chi connectivity index (χ1) is 20.5. The summed E-state index contributed by atoms with van der Waals surface area (Å²) in [5.41, 5.74) is 4.60. The lowest BCUT2D eigenvalue weighted by Crippen LogP contribution is -2.59. The molecule has 246 valence electrons. The molecular formula is C32H51N5O6S. The topological polar surface area (TPSA) is 168 Å². The summed E-state index contributed by atoms with van der Waals surface area (Å²) in [6.07, 6.45) is 6.65. The minimum Gasteiger partial charge on any atom is -0.363 e. The molecular weight excluding hydrogens is 582 g/mol. The highest BCUT2D eigenvalue weighted by molar-refractivity contribution is 7.78. The Bertz CT molecular complexity index is 1120. The number of hydrogen-bond donors (Lipinski definition) is 5. The number of urea groups is 1. The number of carbonyl (C=O) groups excluding carboxylic acids is 6. The maximum Gasteiger partial charge on any atom is 0.316 e. The molecule has 0 radical (unpaired) electrons. The van der Waals surface area contributed by atoms with Crippen LogP contribution in [0, 0.1) is 17.3 Å². The third kappa shape index (κ3) is 12.4. The Morgan fingerprint density at radius 2 is 1.55 bits per heavy atom. The Balaban J connectivity index is 0.000000566. The van der Waals surface area contributed by atoms with E-state index in [0.29, 0.717) is 18.5 Å². The third-order valence-corrected chi connectivity index (χ3v) is 8.03. The number of aldehydes is 1. The molecule has 4 atom stereocenters. The molecule has 0 aromatic heterocycles. The Kier molecular flexibility index (Phi) is 16.3. The van der Waals surface area contributed by atoms with Crippen molar-refractivity contribution in [3.05, 3.63) is 35.9 Å². The van der Waals surface area contributed by atoms with Crippen molar-refractivity contribution in [2.24, 2.45) is 23.0 Å². The van der Waals surface area contributed by atoms with Crippen LogP contribution < -0.4 is 21.1 Å². The van der Waals surface area contributed by atoms with Crippen molar-refractivity contribution in [2.45, 2.75) is 105 Å². The SMILES string of the molecule is CC(C)C(NC(=O)NC(C(=O)N1CCCC1C=O)C(C)(C)C)C(=O)c1ccccc1.CC(NS)C(=O)C(N)=O.CC1CCC1. The van der Waals surface area contributed by atoms with Gasteiger partial charge >= 0.3 is 6.03 Å². The van der Waals surface area contributed by atoms with Crippen LogP contribution in [0.15, 0.2) is 30.3 Å². The molecule has 1 heterocycles. The number of benzene rings is 1. The number of primary amides is 1. The molecule has 2 fully saturated rings. The van der Waals surface area contributed by atoms with E-state index in [0.717, 1.165) is 18.6 Å². The summed E-state index contributed by atoms with van der Waals surface area (Å²) in [6, 6.07) is 5.63. The molecule has 11 nitrogen and oxygen atoms in total. The highest BCUT2D eigenvalue weighted by atomic mass is 32.1. The number of carbonyl (C=O) groups is 6.